The van der Waals surface area contributed by atoms with Gasteiger partial charge < -0.3 is 0 Å². The molecule has 15 heavy (non-hydrogen) atoms. The van der Waals surface area contributed by atoms with E-state index in [0.29, 0.717) is 16.2 Å². The van der Waals surface area contributed by atoms with Gasteiger partial charge in [0.1, 0.15) is 0 Å². The lowest BCUT2D eigenvalue weighted by Gasteiger charge is -2.30. The fraction of sp³-hybridized carbons (Fsp3) is 1.00. The van der Waals surface area contributed by atoms with Gasteiger partial charge in [-0.15, -0.1) is 0 Å². The molecule has 84 valence electrons. The highest BCUT2D eigenvalue weighted by molar-refractivity contribution is 5.24. The van der Waals surface area contributed by atoms with Gasteiger partial charge in [0.2, 0.25) is 0 Å². The molecule has 2 saturated carbocycles. The van der Waals surface area contributed by atoms with Crippen LogP contribution in [0.4, 0.5) is 0 Å². The van der Waals surface area contributed by atoms with E-state index in [-0.39, 0.29) is 6.04 Å². The van der Waals surface area contributed by atoms with Crippen molar-refractivity contribution in [1.29, 1.82) is 0 Å². The number of nitrogens with zero attached hydrogens (tertiary/aromatic N) is 3. The summed E-state index contributed by atoms with van der Waals surface area (Å²) >= 11 is 0. The van der Waals surface area contributed by atoms with Gasteiger partial charge >= 0.3 is 0 Å². The van der Waals surface area contributed by atoms with E-state index in [9.17, 15) is 0 Å². The molecule has 0 N–H and O–H groups in total. The molecule has 2 fully saturated rings. The van der Waals surface area contributed by atoms with Crippen LogP contribution in [0.3, 0.4) is 0 Å². The molecule has 0 heterocycles. The van der Waals surface area contributed by atoms with Crippen LogP contribution in [-0.2, 0) is 0 Å². The van der Waals surface area contributed by atoms with E-state index >= 15 is 0 Å². The fourth-order valence-corrected chi connectivity index (χ4v) is 4.08. The summed E-state index contributed by atoms with van der Waals surface area (Å²) in [5.41, 5.74) is 9.86. The summed E-state index contributed by atoms with van der Waals surface area (Å²) < 4.78 is 0. The summed E-state index contributed by atoms with van der Waals surface area (Å²) in [7, 11) is 0. The average molecular weight is 207 g/mol. The fourth-order valence-electron chi connectivity index (χ4n) is 4.08. The number of rotatable bonds is 1. The van der Waals surface area contributed by atoms with Crippen molar-refractivity contribution in [2.75, 3.05) is 0 Å². The molecule has 0 aliphatic heterocycles. The normalized spacial score (nSPS) is 30.9. The Morgan fingerprint density at radius 1 is 1.07 bits per heavy atom. The Morgan fingerprint density at radius 2 is 1.53 bits per heavy atom. The van der Waals surface area contributed by atoms with Gasteiger partial charge in [0.05, 0.1) is 0 Å². The Kier molecular flexibility index (Phi) is 2.10. The smallest absolute Gasteiger partial charge is 0.0374 e. The van der Waals surface area contributed by atoms with Crippen LogP contribution in [0.15, 0.2) is 5.11 Å². The Labute approximate surface area is 91.9 Å². The molecule has 2 rings (SSSR count). The minimum atomic E-state index is 0.257. The predicted molar refractivity (Wildman–Crippen MR) is 61.4 cm³/mol. The monoisotopic (exact) mass is 207 g/mol. The van der Waals surface area contributed by atoms with Gasteiger partial charge in [-0.2, -0.15) is 0 Å². The van der Waals surface area contributed by atoms with E-state index in [1.807, 2.05) is 0 Å². The zero-order valence-electron chi connectivity index (χ0n) is 10.2. The summed E-state index contributed by atoms with van der Waals surface area (Å²) in [6.45, 7) is 9.56. The Balaban J connectivity index is 2.10. The number of hydrogen-bond donors (Lipinski definition) is 0. The van der Waals surface area contributed by atoms with Crippen molar-refractivity contribution in [1.82, 2.24) is 0 Å². The van der Waals surface area contributed by atoms with E-state index in [4.69, 9.17) is 5.53 Å². The molecule has 0 unspecified atom stereocenters. The zero-order chi connectivity index (χ0) is 11.3. The molecular formula is C12H21N3. The average Bonchev–Trinajstić information content (AvgIpc) is 2.49. The van der Waals surface area contributed by atoms with Crippen LogP contribution in [0.5, 0.6) is 0 Å². The largest absolute Gasteiger partial charge is 0.0906 e. The molecule has 0 radical (unpaired) electrons. The predicted octanol–water partition coefficient (Wildman–Crippen LogP) is 4.29. The molecule has 0 aromatic rings. The molecule has 2 aliphatic carbocycles. The molecule has 0 aromatic heterocycles. The van der Waals surface area contributed by atoms with E-state index < -0.39 is 0 Å². The third-order valence-corrected chi connectivity index (χ3v) is 5.92. The molecule has 0 amide bonds. The molecular weight excluding hydrogens is 186 g/mol. The highest BCUT2D eigenvalue weighted by atomic mass is 15.1. The lowest BCUT2D eigenvalue weighted by molar-refractivity contribution is 0.231. The van der Waals surface area contributed by atoms with Gasteiger partial charge in [-0.05, 0) is 47.5 Å². The van der Waals surface area contributed by atoms with Crippen LogP contribution in [-0.4, -0.2) is 6.04 Å². The first-order valence-corrected chi connectivity index (χ1v) is 5.93. The SMILES string of the molecule is CC1(C)C(C)(C)C12CCC(N=[N+]=[N-])CC2. The number of azide groups is 1. The van der Waals surface area contributed by atoms with Crippen molar-refractivity contribution < 1.29 is 0 Å². The minimum Gasteiger partial charge on any atom is -0.0906 e. The van der Waals surface area contributed by atoms with Gasteiger partial charge in [-0.3, -0.25) is 0 Å². The van der Waals surface area contributed by atoms with Crippen molar-refractivity contribution >= 4 is 0 Å². The summed E-state index contributed by atoms with van der Waals surface area (Å²) in [6, 6.07) is 0.257. The summed E-state index contributed by atoms with van der Waals surface area (Å²) in [6.07, 6.45) is 4.63. The Hall–Kier alpha value is -0.690. The van der Waals surface area contributed by atoms with Crippen molar-refractivity contribution in [2.24, 2.45) is 21.4 Å². The quantitative estimate of drug-likeness (QED) is 0.350. The lowest BCUT2D eigenvalue weighted by atomic mass is 9.77. The topological polar surface area (TPSA) is 48.8 Å². The minimum absolute atomic E-state index is 0.257. The van der Waals surface area contributed by atoms with Gasteiger partial charge in [0.25, 0.3) is 0 Å². The highest BCUT2D eigenvalue weighted by Gasteiger charge is 2.75. The van der Waals surface area contributed by atoms with Gasteiger partial charge in [0.15, 0.2) is 0 Å². The van der Waals surface area contributed by atoms with Crippen molar-refractivity contribution in [3.63, 3.8) is 0 Å². The molecule has 0 aromatic carbocycles. The van der Waals surface area contributed by atoms with E-state index in [1.165, 1.54) is 12.8 Å². The first-order chi connectivity index (χ1) is 6.89. The molecule has 0 atom stereocenters. The second kappa shape index (κ2) is 2.91. The molecule has 0 saturated heterocycles. The summed E-state index contributed by atoms with van der Waals surface area (Å²) in [5, 5.41) is 3.85. The third-order valence-electron chi connectivity index (χ3n) is 5.92. The maximum Gasteiger partial charge on any atom is 0.0374 e. The molecule has 2 aliphatic rings. The van der Waals surface area contributed by atoms with E-state index in [1.54, 1.807) is 0 Å². The first-order valence-electron chi connectivity index (χ1n) is 5.93. The van der Waals surface area contributed by atoms with Crippen LogP contribution < -0.4 is 0 Å². The van der Waals surface area contributed by atoms with Crippen molar-refractivity contribution in [3.8, 4) is 0 Å². The van der Waals surface area contributed by atoms with Gasteiger partial charge in [0, 0.05) is 11.0 Å². The lowest BCUT2D eigenvalue weighted by Crippen LogP contribution is -2.22. The Morgan fingerprint density at radius 3 is 1.87 bits per heavy atom. The maximum absolute atomic E-state index is 8.43. The van der Waals surface area contributed by atoms with E-state index in [0.717, 1.165) is 12.8 Å². The van der Waals surface area contributed by atoms with Crippen LogP contribution >= 0.6 is 0 Å². The van der Waals surface area contributed by atoms with Crippen LogP contribution in [0.2, 0.25) is 0 Å². The van der Waals surface area contributed by atoms with Crippen molar-refractivity contribution in [2.45, 2.75) is 59.4 Å². The standard InChI is InChI=1S/C12H21N3/c1-10(2)11(3,4)12(10)7-5-9(6-8-12)14-15-13/h9H,5-8H2,1-4H3. The molecule has 0 bridgehead atoms. The second-order valence-electron chi connectivity index (χ2n) is 6.27. The van der Waals surface area contributed by atoms with E-state index in [2.05, 4.69) is 37.7 Å². The van der Waals surface area contributed by atoms with Crippen molar-refractivity contribution in [3.05, 3.63) is 10.4 Å². The molecule has 3 nitrogen and oxygen atoms in total. The van der Waals surface area contributed by atoms with Crippen LogP contribution in [0.25, 0.3) is 10.4 Å². The third kappa shape index (κ3) is 1.10. The maximum atomic E-state index is 8.43. The van der Waals surface area contributed by atoms with Gasteiger partial charge in [-0.1, -0.05) is 32.8 Å². The highest BCUT2D eigenvalue weighted by Crippen LogP contribution is 2.82. The summed E-state index contributed by atoms with van der Waals surface area (Å²) in [4.78, 5) is 2.93. The van der Waals surface area contributed by atoms with Gasteiger partial charge in [-0.25, -0.2) is 0 Å². The second-order valence-corrected chi connectivity index (χ2v) is 6.27. The zero-order valence-corrected chi connectivity index (χ0v) is 10.2. The molecule has 1 spiro atoms. The summed E-state index contributed by atoms with van der Waals surface area (Å²) in [5.74, 6) is 0. The van der Waals surface area contributed by atoms with Crippen LogP contribution in [0.1, 0.15) is 53.4 Å². The first kappa shape index (κ1) is 10.8. The molecule has 3 heteroatoms. The number of hydrogen-bond acceptors (Lipinski definition) is 1. The Bertz CT molecular complexity index is 300. The van der Waals surface area contributed by atoms with Crippen LogP contribution in [0, 0.1) is 16.2 Å².